The summed E-state index contributed by atoms with van der Waals surface area (Å²) in [7, 11) is 0. The minimum atomic E-state index is -4.48. The van der Waals surface area contributed by atoms with Crippen molar-refractivity contribution in [1.29, 1.82) is 0 Å². The fourth-order valence-corrected chi connectivity index (χ4v) is 6.40. The lowest BCUT2D eigenvalue weighted by Gasteiger charge is -2.37. The maximum absolute atomic E-state index is 13.9. The lowest BCUT2D eigenvalue weighted by Crippen LogP contribution is -2.46. The van der Waals surface area contributed by atoms with Crippen LogP contribution in [0.5, 0.6) is 5.75 Å². The first-order chi connectivity index (χ1) is 17.4. The van der Waals surface area contributed by atoms with Gasteiger partial charge in [0.25, 0.3) is 0 Å². The highest BCUT2D eigenvalue weighted by Crippen LogP contribution is 2.55. The zero-order valence-corrected chi connectivity index (χ0v) is 20.6. The summed E-state index contributed by atoms with van der Waals surface area (Å²) in [5.74, 6) is 0.338. The number of nitrogens with one attached hydrogen (secondary N) is 1. The molecular formula is C27H30F5N3O2. The van der Waals surface area contributed by atoms with E-state index in [9.17, 15) is 26.7 Å². The molecular weight excluding hydrogens is 493 g/mol. The Labute approximate surface area is 212 Å². The monoisotopic (exact) mass is 523 g/mol. The molecule has 1 aromatic heterocycles. The second kappa shape index (κ2) is 9.53. The number of benzene rings is 1. The van der Waals surface area contributed by atoms with Gasteiger partial charge in [0.2, 0.25) is 5.91 Å². The molecule has 0 radical (unpaired) electrons. The van der Waals surface area contributed by atoms with Crippen molar-refractivity contribution >= 4 is 5.91 Å². The number of carbonyl (C=O) groups is 1. The highest BCUT2D eigenvalue weighted by molar-refractivity contribution is 5.84. The van der Waals surface area contributed by atoms with E-state index in [0.29, 0.717) is 44.1 Å². The number of fused-ring (bicyclic) bond motifs is 2. The molecule has 1 aliphatic heterocycles. The molecule has 3 atom stereocenters. The van der Waals surface area contributed by atoms with Gasteiger partial charge in [0.1, 0.15) is 5.75 Å². The molecule has 1 aromatic carbocycles. The Morgan fingerprint density at radius 1 is 1.24 bits per heavy atom. The average molecular weight is 524 g/mol. The molecule has 10 heteroatoms. The van der Waals surface area contributed by atoms with Crippen molar-refractivity contribution < 1.29 is 31.5 Å². The Bertz CT molecular complexity index is 1170. The van der Waals surface area contributed by atoms with Crippen LogP contribution in [0.3, 0.4) is 0 Å². The fraction of sp³-hybridized carbons (Fsp3) is 0.556. The molecule has 2 fully saturated rings. The van der Waals surface area contributed by atoms with E-state index in [1.54, 1.807) is 17.0 Å². The van der Waals surface area contributed by atoms with Gasteiger partial charge in [-0.15, -0.1) is 0 Å². The van der Waals surface area contributed by atoms with Crippen LogP contribution >= 0.6 is 0 Å². The van der Waals surface area contributed by atoms with Crippen LogP contribution in [-0.2, 0) is 30.5 Å². The predicted molar refractivity (Wildman–Crippen MR) is 126 cm³/mol. The van der Waals surface area contributed by atoms with E-state index < -0.39 is 23.3 Å². The third kappa shape index (κ3) is 5.44. The number of halogens is 5. The first kappa shape index (κ1) is 25.9. The van der Waals surface area contributed by atoms with Gasteiger partial charge < -0.3 is 15.0 Å². The second-order valence-electron chi connectivity index (χ2n) is 10.6. The summed E-state index contributed by atoms with van der Waals surface area (Å²) in [6.07, 6.45) is -2.27. The van der Waals surface area contributed by atoms with Gasteiger partial charge in [-0.25, -0.2) is 0 Å². The van der Waals surface area contributed by atoms with Crippen molar-refractivity contribution in [2.75, 3.05) is 6.54 Å². The van der Waals surface area contributed by atoms with Crippen molar-refractivity contribution in [3.8, 4) is 5.75 Å². The van der Waals surface area contributed by atoms with Crippen molar-refractivity contribution in [1.82, 2.24) is 15.2 Å². The topological polar surface area (TPSA) is 54.5 Å². The summed E-state index contributed by atoms with van der Waals surface area (Å²) in [5.41, 5.74) is 0.585. The number of pyridine rings is 1. The smallest absolute Gasteiger partial charge is 0.417 e. The molecule has 2 aromatic rings. The van der Waals surface area contributed by atoms with Gasteiger partial charge in [-0.2, -0.15) is 22.0 Å². The maximum atomic E-state index is 13.9. The molecule has 2 heterocycles. The standard InChI is InChI=1S/C27H30F5N3O2/c1-25(28,29)37-22-6-2-4-17(10-22)14-33-21-12-19-5-3-8-26(19,13-21)24(36)35-9-7-23-18(16-35)11-20(15-34-23)27(30,31)32/h2,4,6,10-11,15,19,21,33H,3,5,7-9,12-14,16H2,1H3. The van der Waals surface area contributed by atoms with Gasteiger partial charge in [-0.05, 0) is 60.9 Å². The summed E-state index contributed by atoms with van der Waals surface area (Å²) in [5, 5.41) is 3.49. The average Bonchev–Trinajstić information content (AvgIpc) is 3.38. The molecule has 3 aliphatic rings. The van der Waals surface area contributed by atoms with Gasteiger partial charge in [-0.1, -0.05) is 18.6 Å². The number of ether oxygens (including phenoxy) is 1. The molecule has 1 N–H and O–H groups in total. The normalized spacial score (nSPS) is 25.6. The van der Waals surface area contributed by atoms with Crippen molar-refractivity contribution in [2.24, 2.45) is 11.3 Å². The third-order valence-electron chi connectivity index (χ3n) is 8.01. The number of amides is 1. The van der Waals surface area contributed by atoms with E-state index in [-0.39, 0.29) is 30.2 Å². The first-order valence-electron chi connectivity index (χ1n) is 12.7. The van der Waals surface area contributed by atoms with Crippen molar-refractivity contribution in [3.05, 3.63) is 58.9 Å². The summed E-state index contributed by atoms with van der Waals surface area (Å²) >= 11 is 0. The zero-order chi connectivity index (χ0) is 26.4. The molecule has 0 bridgehead atoms. The number of hydrogen-bond acceptors (Lipinski definition) is 4. The van der Waals surface area contributed by atoms with Crippen LogP contribution in [0.4, 0.5) is 22.0 Å². The number of alkyl halides is 5. The van der Waals surface area contributed by atoms with E-state index in [4.69, 9.17) is 0 Å². The van der Waals surface area contributed by atoms with Gasteiger partial charge in [0.15, 0.2) is 0 Å². The SMILES string of the molecule is CC(F)(F)Oc1cccc(CNC2CC3CCCC3(C(=O)N3CCc4ncc(C(F)(F)F)cc4C3)C2)c1. The van der Waals surface area contributed by atoms with Gasteiger partial charge in [-0.3, -0.25) is 9.78 Å². The molecule has 37 heavy (non-hydrogen) atoms. The largest absolute Gasteiger partial charge is 0.433 e. The van der Waals surface area contributed by atoms with E-state index >= 15 is 0 Å². The third-order valence-corrected chi connectivity index (χ3v) is 8.01. The number of hydrogen-bond donors (Lipinski definition) is 1. The lowest BCUT2D eigenvalue weighted by atomic mass is 9.78. The Morgan fingerprint density at radius 3 is 2.81 bits per heavy atom. The van der Waals surface area contributed by atoms with Crippen LogP contribution in [0, 0.1) is 11.3 Å². The summed E-state index contributed by atoms with van der Waals surface area (Å²) < 4.78 is 70.7. The number of nitrogens with zero attached hydrogens (tertiary/aromatic N) is 2. The van der Waals surface area contributed by atoms with Crippen LogP contribution in [0.25, 0.3) is 0 Å². The Hall–Kier alpha value is -2.75. The zero-order valence-electron chi connectivity index (χ0n) is 20.6. The van der Waals surface area contributed by atoms with Gasteiger partial charge in [0, 0.05) is 50.9 Å². The molecule has 200 valence electrons. The first-order valence-corrected chi connectivity index (χ1v) is 12.7. The highest BCUT2D eigenvalue weighted by Gasteiger charge is 2.56. The minimum Gasteiger partial charge on any atom is -0.433 e. The minimum absolute atomic E-state index is 0.0305. The highest BCUT2D eigenvalue weighted by atomic mass is 19.4. The van der Waals surface area contributed by atoms with Crippen molar-refractivity contribution in [2.45, 2.75) is 76.9 Å². The Balaban J connectivity index is 1.25. The predicted octanol–water partition coefficient (Wildman–Crippen LogP) is 5.72. The van der Waals surface area contributed by atoms with Crippen LogP contribution in [0.1, 0.15) is 61.4 Å². The molecule has 3 unspecified atom stereocenters. The Kier molecular flexibility index (Phi) is 6.66. The number of aromatic nitrogens is 1. The number of rotatable bonds is 6. The van der Waals surface area contributed by atoms with Crippen molar-refractivity contribution in [3.63, 3.8) is 0 Å². The van der Waals surface area contributed by atoms with E-state index in [2.05, 4.69) is 15.0 Å². The van der Waals surface area contributed by atoms with Gasteiger partial charge in [0.05, 0.1) is 11.0 Å². The molecule has 5 rings (SSSR count). The van der Waals surface area contributed by atoms with Crippen LogP contribution in [0.2, 0.25) is 0 Å². The van der Waals surface area contributed by atoms with Crippen LogP contribution in [0.15, 0.2) is 36.5 Å². The molecule has 2 saturated carbocycles. The molecule has 0 saturated heterocycles. The molecule has 2 aliphatic carbocycles. The summed E-state index contributed by atoms with van der Waals surface area (Å²) in [6, 6.07) is 7.77. The second-order valence-corrected chi connectivity index (χ2v) is 10.6. The Morgan fingerprint density at radius 2 is 2.05 bits per heavy atom. The van der Waals surface area contributed by atoms with Gasteiger partial charge >= 0.3 is 12.3 Å². The molecule has 1 amide bonds. The number of carbonyl (C=O) groups excluding carboxylic acids is 1. The van der Waals surface area contributed by atoms with E-state index in [1.165, 1.54) is 6.07 Å². The summed E-state index contributed by atoms with van der Waals surface area (Å²) in [6.45, 7) is 1.74. The van der Waals surface area contributed by atoms with Crippen LogP contribution < -0.4 is 10.1 Å². The lowest BCUT2D eigenvalue weighted by molar-refractivity contribution is -0.159. The van der Waals surface area contributed by atoms with E-state index in [1.807, 2.05) is 6.07 Å². The fourth-order valence-electron chi connectivity index (χ4n) is 6.40. The molecule has 5 nitrogen and oxygen atoms in total. The molecule has 0 spiro atoms. The summed E-state index contributed by atoms with van der Waals surface area (Å²) in [4.78, 5) is 19.6. The quantitative estimate of drug-likeness (QED) is 0.493. The van der Waals surface area contributed by atoms with Crippen LogP contribution in [-0.4, -0.2) is 34.5 Å². The maximum Gasteiger partial charge on any atom is 0.417 e. The van der Waals surface area contributed by atoms with E-state index in [0.717, 1.165) is 43.5 Å².